The molecule has 0 rings (SSSR count). The van der Waals surface area contributed by atoms with Gasteiger partial charge in [-0.1, -0.05) is 181 Å². The lowest BCUT2D eigenvalue weighted by atomic mass is 10.0. The minimum atomic E-state index is -0.793. The minimum absolute atomic E-state index is 0.0649. The maximum Gasteiger partial charge on any atom is 0.305 e. The Balaban J connectivity index is 4.07. The first kappa shape index (κ1) is 57.1. The molecule has 0 saturated carbocycles. The summed E-state index contributed by atoms with van der Waals surface area (Å²) in [7, 11) is 0. The number of carboxylic acids is 1. The van der Waals surface area contributed by atoms with Gasteiger partial charge in [0.1, 0.15) is 0 Å². The highest BCUT2D eigenvalue weighted by Crippen LogP contribution is 2.16. The summed E-state index contributed by atoms with van der Waals surface area (Å²) in [5.74, 6) is 1.44. The Kier molecular flexibility index (Phi) is 45.6. The van der Waals surface area contributed by atoms with Crippen LogP contribution in [0, 0.1) is 0 Å². The number of ether oxygens (including phenoxy) is 2. The van der Waals surface area contributed by atoms with Gasteiger partial charge < -0.3 is 29.5 Å². The molecule has 0 aliphatic rings. The number of allylic oxidation sites excluding steroid dienone is 1. The Morgan fingerprint density at radius 3 is 1.15 bits per heavy atom. The Morgan fingerprint density at radius 1 is 0.424 bits per heavy atom. The Labute approximate surface area is 364 Å². The lowest BCUT2D eigenvalue weighted by molar-refractivity contribution is -0.144. The molecule has 0 saturated heterocycles. The van der Waals surface area contributed by atoms with Gasteiger partial charge in [-0.15, -0.1) is 0 Å². The lowest BCUT2D eigenvalue weighted by Crippen LogP contribution is -2.33. The largest absolute Gasteiger partial charge is 0.487 e. The topological polar surface area (TPSA) is 117 Å². The highest BCUT2D eigenvalue weighted by Gasteiger charge is 2.12. The normalized spacial score (nSPS) is 11.4. The minimum Gasteiger partial charge on any atom is -0.487 e. The lowest BCUT2D eigenvalue weighted by Gasteiger charge is -2.25. The summed E-state index contributed by atoms with van der Waals surface area (Å²) < 4.78 is 11.3. The molecule has 0 unspecified atom stereocenters. The number of carbonyl (C=O) groups is 2. The summed E-state index contributed by atoms with van der Waals surface area (Å²) in [4.78, 5) is 39.5. The van der Waals surface area contributed by atoms with Crippen molar-refractivity contribution in [3.05, 3.63) is 5.76 Å². The van der Waals surface area contributed by atoms with Crippen LogP contribution >= 0.6 is 0 Å². The summed E-state index contributed by atoms with van der Waals surface area (Å²) >= 11 is 0. The quantitative estimate of drug-likeness (QED) is 0.0267. The zero-order chi connectivity index (χ0) is 43.1. The van der Waals surface area contributed by atoms with Crippen LogP contribution < -0.4 is 0 Å². The van der Waals surface area contributed by atoms with Crippen LogP contribution in [0.2, 0.25) is 0 Å². The Morgan fingerprint density at radius 2 is 0.763 bits per heavy atom. The van der Waals surface area contributed by atoms with Crippen molar-refractivity contribution in [2.45, 2.75) is 239 Å². The fourth-order valence-corrected chi connectivity index (χ4v) is 7.89. The molecule has 0 aliphatic carbocycles. The van der Waals surface area contributed by atoms with Crippen molar-refractivity contribution in [3.63, 3.8) is 0 Å². The molecular weight excluding hydrogens is 741 g/mol. The van der Waals surface area contributed by atoms with Crippen LogP contribution in [0.15, 0.2) is 5.76 Å². The fourth-order valence-electron chi connectivity index (χ4n) is 7.89. The van der Waals surface area contributed by atoms with Gasteiger partial charge in [0.2, 0.25) is 0 Å². The Bertz CT molecular complexity index is 958. The van der Waals surface area contributed by atoms with E-state index in [0.29, 0.717) is 57.7 Å². The van der Waals surface area contributed by atoms with E-state index in [2.05, 4.69) is 23.6 Å². The summed E-state index contributed by atoms with van der Waals surface area (Å²) in [6.45, 7) is 9.93. The number of carbonyl (C=O) groups excluding carboxylic acids is 2. The number of hydrogen-bond acceptors (Lipinski definition) is 8. The van der Waals surface area contributed by atoms with E-state index in [9.17, 15) is 19.5 Å². The molecule has 0 fully saturated rings. The number of aliphatic hydroxyl groups excluding tert-OH is 1. The van der Waals surface area contributed by atoms with Gasteiger partial charge >= 0.3 is 11.9 Å². The van der Waals surface area contributed by atoms with Crippen molar-refractivity contribution in [3.8, 4) is 0 Å². The number of unbranched alkanes of at least 4 members (excludes halogenated alkanes) is 26. The van der Waals surface area contributed by atoms with Gasteiger partial charge in [-0.25, -0.2) is 4.79 Å². The van der Waals surface area contributed by atoms with Gasteiger partial charge in [-0.2, -0.15) is 0 Å². The zero-order valence-corrected chi connectivity index (χ0v) is 38.9. The maximum absolute atomic E-state index is 12.4. The third kappa shape index (κ3) is 44.0. The van der Waals surface area contributed by atoms with E-state index in [0.717, 1.165) is 64.7 Å². The summed E-state index contributed by atoms with van der Waals surface area (Å²) in [5, 5.41) is 18.8. The van der Waals surface area contributed by atoms with Gasteiger partial charge in [-0.3, -0.25) is 9.59 Å². The predicted octanol–water partition coefficient (Wildman–Crippen LogP) is 12.6. The van der Waals surface area contributed by atoms with Crippen LogP contribution in [0.5, 0.6) is 0 Å². The molecule has 0 atom stereocenters. The fraction of sp³-hybridized carbons (Fsp3) is 0.920. The van der Waals surface area contributed by atoms with Gasteiger partial charge in [0.25, 0.3) is 0 Å². The molecule has 59 heavy (non-hydrogen) atoms. The number of rotatable bonds is 49. The summed E-state index contributed by atoms with van der Waals surface area (Å²) in [6.07, 6.45) is 40.6. The molecule has 0 amide bonds. The van der Waals surface area contributed by atoms with Gasteiger partial charge in [0.05, 0.1) is 19.8 Å². The predicted molar refractivity (Wildman–Crippen MR) is 247 cm³/mol. The monoisotopic (exact) mass is 837 g/mol. The van der Waals surface area contributed by atoms with Gasteiger partial charge in [-0.05, 0) is 71.2 Å². The number of aliphatic carboxylic acids is 1. The van der Waals surface area contributed by atoms with Crippen LogP contribution in [0.25, 0.3) is 0 Å². The molecule has 0 bridgehead atoms. The number of aliphatic hydroxyl groups is 1. The maximum atomic E-state index is 12.4. The van der Waals surface area contributed by atoms with Gasteiger partial charge in [0, 0.05) is 25.8 Å². The van der Waals surface area contributed by atoms with Crippen LogP contribution in [0.3, 0.4) is 0 Å². The summed E-state index contributed by atoms with van der Waals surface area (Å²) in [5.41, 5.74) is 0. The van der Waals surface area contributed by atoms with Crippen LogP contribution in [0.1, 0.15) is 239 Å². The smallest absolute Gasteiger partial charge is 0.305 e. The van der Waals surface area contributed by atoms with Gasteiger partial charge in [0.15, 0.2) is 11.7 Å². The second-order valence-electron chi connectivity index (χ2n) is 17.3. The zero-order valence-electron chi connectivity index (χ0n) is 38.9. The second-order valence-corrected chi connectivity index (χ2v) is 17.3. The van der Waals surface area contributed by atoms with Crippen molar-refractivity contribution in [1.82, 2.24) is 9.80 Å². The molecule has 0 aromatic carbocycles. The molecule has 0 heterocycles. The molecule has 0 aromatic rings. The van der Waals surface area contributed by atoms with Crippen LogP contribution in [-0.2, 0) is 23.9 Å². The molecule has 9 heteroatoms. The average Bonchev–Trinajstić information content (AvgIpc) is 3.22. The van der Waals surface area contributed by atoms with E-state index < -0.39 is 5.97 Å². The number of esters is 1. The number of carboxylic acid groups (broad SMARTS) is 1. The molecule has 2 N–H and O–H groups in total. The second kappa shape index (κ2) is 47.1. The molecule has 0 radical (unpaired) electrons. The van der Waals surface area contributed by atoms with E-state index in [1.807, 2.05) is 5.94 Å². The van der Waals surface area contributed by atoms with Crippen LogP contribution in [0.4, 0.5) is 0 Å². The Hall–Kier alpha value is -1.93. The molecule has 9 nitrogen and oxygen atoms in total. The first-order valence-corrected chi connectivity index (χ1v) is 25.3. The third-order valence-electron chi connectivity index (χ3n) is 11.6. The standard InChI is InChI=1S/C50H96N2O7/c1-3-5-7-9-11-13-14-15-16-17-18-19-20-21-22-24-26-28-30-46-59-50(57)37-33-40-51(39-32-36-49(55)56)41-34-42-52(43-44-53)38-31-35-48(47-54)58-45-29-27-25-23-12-10-8-6-4-2/h53H,3-46H2,1-2H3,(H,55,56). The van der Waals surface area contributed by atoms with E-state index >= 15 is 0 Å². The first-order chi connectivity index (χ1) is 29.0. The van der Waals surface area contributed by atoms with Crippen LogP contribution in [-0.4, -0.2) is 97.0 Å². The average molecular weight is 837 g/mol. The molecule has 0 aromatic heterocycles. The molecule has 0 aliphatic heterocycles. The van der Waals surface area contributed by atoms with Crippen molar-refractivity contribution >= 4 is 17.9 Å². The number of nitrogens with zero attached hydrogens (tertiary/aromatic N) is 2. The highest BCUT2D eigenvalue weighted by molar-refractivity contribution is 5.69. The van der Waals surface area contributed by atoms with Crippen molar-refractivity contribution in [1.29, 1.82) is 0 Å². The molecular formula is C50H96N2O7. The van der Waals surface area contributed by atoms with E-state index in [4.69, 9.17) is 14.6 Å². The third-order valence-corrected chi connectivity index (χ3v) is 11.6. The SMILES string of the molecule is CCCCCCCCCCCCCCCCCCCCCOC(=O)CCCN(CCCC(=O)O)CCCN(CCO)CCCC(=C=O)OCCCCCCCCCCC. The van der Waals surface area contributed by atoms with Crippen molar-refractivity contribution in [2.24, 2.45) is 0 Å². The highest BCUT2D eigenvalue weighted by atomic mass is 16.5. The molecule has 348 valence electrons. The number of hydrogen-bond donors (Lipinski definition) is 2. The van der Waals surface area contributed by atoms with E-state index in [-0.39, 0.29) is 19.0 Å². The van der Waals surface area contributed by atoms with Crippen molar-refractivity contribution < 1.29 is 34.1 Å². The van der Waals surface area contributed by atoms with E-state index in [1.165, 1.54) is 154 Å². The van der Waals surface area contributed by atoms with E-state index in [1.54, 1.807) is 0 Å². The first-order valence-electron chi connectivity index (χ1n) is 25.3. The summed E-state index contributed by atoms with van der Waals surface area (Å²) in [6, 6.07) is 0. The molecule has 0 spiro atoms. The van der Waals surface area contributed by atoms with Crippen molar-refractivity contribution in [2.75, 3.05) is 59.1 Å².